The van der Waals surface area contributed by atoms with E-state index in [1.165, 1.54) is 0 Å². The molecule has 0 saturated heterocycles. The topological polar surface area (TPSA) is 77.6 Å². The lowest BCUT2D eigenvalue weighted by Crippen LogP contribution is -2.22. The van der Waals surface area contributed by atoms with E-state index < -0.39 is 11.2 Å². The molecule has 0 fully saturated rings. The van der Waals surface area contributed by atoms with Crippen LogP contribution in [0, 0.1) is 16.7 Å². The highest BCUT2D eigenvalue weighted by Gasteiger charge is 2.31. The van der Waals surface area contributed by atoms with E-state index in [0.717, 1.165) is 5.39 Å². The lowest BCUT2D eigenvalue weighted by molar-refractivity contribution is -0.122. The number of hydrogen-bond acceptors (Lipinski definition) is 4. The molecule has 1 heterocycles. The van der Waals surface area contributed by atoms with Crippen molar-refractivity contribution >= 4 is 22.4 Å². The highest BCUT2D eigenvalue weighted by atomic mass is 16.4. The van der Waals surface area contributed by atoms with Gasteiger partial charge in [-0.05, 0) is 12.1 Å². The molecule has 0 amide bonds. The fourth-order valence-electron chi connectivity index (χ4n) is 2.06. The van der Waals surface area contributed by atoms with Crippen molar-refractivity contribution in [3.8, 4) is 6.07 Å². The second kappa shape index (κ2) is 5.86. The molecule has 1 aromatic heterocycles. The van der Waals surface area contributed by atoms with Crippen LogP contribution < -0.4 is 0 Å². The van der Waals surface area contributed by atoms with Gasteiger partial charge in [-0.1, -0.05) is 39.0 Å². The quantitative estimate of drug-likeness (QED) is 0.394. The van der Waals surface area contributed by atoms with Crippen LogP contribution in [0.1, 0.15) is 26.3 Å². The SMILES string of the molecule is CC(C)(C)C(=O)C(C#[N+][O-])=C(O)c1cccc2cccnc12. The number of pyridine rings is 1. The zero-order chi connectivity index (χ0) is 16.3. The van der Waals surface area contributed by atoms with Gasteiger partial charge in [-0.15, -0.1) is 0 Å². The minimum absolute atomic E-state index is 0.236. The number of benzene rings is 1. The maximum atomic E-state index is 12.4. The number of rotatable bonds is 2. The van der Waals surface area contributed by atoms with Gasteiger partial charge in [0.1, 0.15) is 0 Å². The summed E-state index contributed by atoms with van der Waals surface area (Å²) in [6.07, 6.45) is 1.59. The molecule has 0 atom stereocenters. The number of allylic oxidation sites excluding steroid dienone is 1. The van der Waals surface area contributed by atoms with E-state index in [-0.39, 0.29) is 11.3 Å². The summed E-state index contributed by atoms with van der Waals surface area (Å²) < 4.78 is 0. The smallest absolute Gasteiger partial charge is 0.344 e. The molecule has 0 aliphatic rings. The van der Waals surface area contributed by atoms with E-state index in [0.29, 0.717) is 11.1 Å². The molecular weight excluding hydrogens is 280 g/mol. The molecule has 5 nitrogen and oxygen atoms in total. The van der Waals surface area contributed by atoms with Gasteiger partial charge in [0.05, 0.1) is 5.52 Å². The largest absolute Gasteiger partial charge is 0.506 e. The Morgan fingerprint density at radius 1 is 1.27 bits per heavy atom. The number of hydrogen-bond donors (Lipinski definition) is 1. The minimum Gasteiger partial charge on any atom is -0.506 e. The molecule has 0 unspecified atom stereocenters. The Kier molecular flexibility index (Phi) is 4.13. The van der Waals surface area contributed by atoms with Crippen LogP contribution in [0.4, 0.5) is 0 Å². The summed E-state index contributed by atoms with van der Waals surface area (Å²) in [5.41, 5.74) is -0.115. The summed E-state index contributed by atoms with van der Waals surface area (Å²) >= 11 is 0. The number of carbonyl (C=O) groups excluding carboxylic acids is 1. The summed E-state index contributed by atoms with van der Waals surface area (Å²) in [6.45, 7) is 5.07. The predicted octanol–water partition coefficient (Wildman–Crippen LogP) is 3.95. The Labute approximate surface area is 128 Å². The van der Waals surface area contributed by atoms with E-state index in [1.54, 1.807) is 45.2 Å². The van der Waals surface area contributed by atoms with Crippen molar-refractivity contribution in [2.75, 3.05) is 0 Å². The van der Waals surface area contributed by atoms with Crippen molar-refractivity contribution in [3.05, 3.63) is 57.9 Å². The predicted molar refractivity (Wildman–Crippen MR) is 86.4 cm³/mol. The molecule has 0 aliphatic heterocycles. The Morgan fingerprint density at radius 2 is 1.95 bits per heavy atom. The average molecular weight is 296 g/mol. The van der Waals surface area contributed by atoms with Gasteiger partial charge in [0.25, 0.3) is 0 Å². The van der Waals surface area contributed by atoms with E-state index in [4.69, 9.17) is 0 Å². The number of fused-ring (bicyclic) bond motifs is 1. The van der Waals surface area contributed by atoms with Crippen LogP contribution in [0.5, 0.6) is 0 Å². The molecule has 112 valence electrons. The maximum Gasteiger partial charge on any atom is 0.344 e. The van der Waals surface area contributed by atoms with E-state index in [9.17, 15) is 15.1 Å². The number of para-hydroxylation sites is 1. The Bertz CT molecular complexity index is 816. The molecule has 0 radical (unpaired) electrons. The molecule has 0 aliphatic carbocycles. The molecule has 2 aromatic rings. The fourth-order valence-corrected chi connectivity index (χ4v) is 2.06. The molecule has 0 spiro atoms. The van der Waals surface area contributed by atoms with Crippen LogP contribution in [-0.4, -0.2) is 15.9 Å². The average Bonchev–Trinajstić information content (AvgIpc) is 2.50. The molecule has 1 N–H and O–H groups in total. The molecular formula is C17H16N2O3. The van der Waals surface area contributed by atoms with Gasteiger partial charge in [-0.3, -0.25) is 9.78 Å². The van der Waals surface area contributed by atoms with Gasteiger partial charge in [-0.25, -0.2) is 0 Å². The van der Waals surface area contributed by atoms with Gasteiger partial charge in [-0.2, -0.15) is 0 Å². The minimum atomic E-state index is -0.779. The summed E-state index contributed by atoms with van der Waals surface area (Å²) in [5, 5.41) is 24.4. The first kappa shape index (κ1) is 15.5. The Hall–Kier alpha value is -2.87. The summed E-state index contributed by atoms with van der Waals surface area (Å²) in [6, 6.07) is 10.9. The van der Waals surface area contributed by atoms with Crippen molar-refractivity contribution in [3.63, 3.8) is 0 Å². The lowest BCUT2D eigenvalue weighted by atomic mass is 9.85. The third-order valence-electron chi connectivity index (χ3n) is 3.19. The lowest BCUT2D eigenvalue weighted by Gasteiger charge is -2.15. The van der Waals surface area contributed by atoms with Crippen LogP contribution >= 0.6 is 0 Å². The first-order valence-electron chi connectivity index (χ1n) is 6.77. The number of aliphatic hydroxyl groups is 1. The second-order valence-electron chi connectivity index (χ2n) is 5.89. The monoisotopic (exact) mass is 296 g/mol. The molecule has 2 rings (SSSR count). The third-order valence-corrected chi connectivity index (χ3v) is 3.19. The number of Topliss-reactive ketones (excluding diaryl/α,β-unsaturated/α-hetero) is 1. The first-order chi connectivity index (χ1) is 10.4. The molecule has 22 heavy (non-hydrogen) atoms. The van der Waals surface area contributed by atoms with Gasteiger partial charge in [0.15, 0.2) is 17.1 Å². The van der Waals surface area contributed by atoms with Crippen LogP contribution in [0.2, 0.25) is 0 Å². The van der Waals surface area contributed by atoms with Crippen LogP contribution in [0.3, 0.4) is 0 Å². The Balaban J connectivity index is 2.74. The van der Waals surface area contributed by atoms with Crippen molar-refractivity contribution < 1.29 is 9.90 Å². The third kappa shape index (κ3) is 2.91. The van der Waals surface area contributed by atoms with Gasteiger partial charge in [0, 0.05) is 27.6 Å². The molecule has 1 aromatic carbocycles. The summed E-state index contributed by atoms with van der Waals surface area (Å²) in [4.78, 5) is 16.6. The van der Waals surface area contributed by atoms with Crippen LogP contribution in [-0.2, 0) is 4.79 Å². The molecule has 0 saturated carbocycles. The molecule has 0 bridgehead atoms. The van der Waals surface area contributed by atoms with E-state index in [2.05, 4.69) is 16.1 Å². The maximum absolute atomic E-state index is 12.4. The zero-order valence-corrected chi connectivity index (χ0v) is 12.6. The number of ketones is 1. The van der Waals surface area contributed by atoms with Crippen LogP contribution in [0.25, 0.3) is 21.7 Å². The fraction of sp³-hybridized carbons (Fsp3) is 0.235. The van der Waals surface area contributed by atoms with Crippen molar-refractivity contribution in [1.82, 2.24) is 4.98 Å². The first-order valence-corrected chi connectivity index (χ1v) is 6.77. The summed E-state index contributed by atoms with van der Waals surface area (Å²) in [7, 11) is 0. The summed E-state index contributed by atoms with van der Waals surface area (Å²) in [5.74, 6) is -0.763. The number of aromatic nitrogens is 1. The van der Waals surface area contributed by atoms with Gasteiger partial charge in [0.2, 0.25) is 0 Å². The molecule has 5 heteroatoms. The number of aliphatic hydroxyl groups excluding tert-OH is 1. The van der Waals surface area contributed by atoms with E-state index in [1.807, 2.05) is 12.1 Å². The highest BCUT2D eigenvalue weighted by molar-refractivity contribution is 6.09. The van der Waals surface area contributed by atoms with Gasteiger partial charge < -0.3 is 10.3 Å². The second-order valence-corrected chi connectivity index (χ2v) is 5.89. The highest BCUT2D eigenvalue weighted by Crippen LogP contribution is 2.28. The van der Waals surface area contributed by atoms with Crippen molar-refractivity contribution in [2.45, 2.75) is 20.8 Å². The van der Waals surface area contributed by atoms with Crippen LogP contribution in [0.15, 0.2) is 42.1 Å². The Morgan fingerprint density at radius 3 is 2.59 bits per heavy atom. The van der Waals surface area contributed by atoms with E-state index >= 15 is 0 Å². The van der Waals surface area contributed by atoms with Gasteiger partial charge >= 0.3 is 6.07 Å². The number of carbonyl (C=O) groups is 1. The van der Waals surface area contributed by atoms with Crippen molar-refractivity contribution in [1.29, 1.82) is 0 Å². The number of nitrogens with zero attached hydrogens (tertiary/aromatic N) is 2. The normalized spacial score (nSPS) is 12.3. The van der Waals surface area contributed by atoms with Crippen molar-refractivity contribution in [2.24, 2.45) is 5.41 Å². The standard InChI is InChI=1S/C17H16N2O3/c1-17(2,3)16(21)13(10-19-22)15(20)12-8-4-6-11-7-5-9-18-14(11)12/h4-9,20H,1-3H3. The zero-order valence-electron chi connectivity index (χ0n) is 12.6.